The monoisotopic (exact) mass is 436 g/mol. The maximum atomic E-state index is 12.1. The van der Waals surface area contributed by atoms with Crippen LogP contribution in [0, 0.1) is 0 Å². The van der Waals surface area contributed by atoms with Crippen LogP contribution in [-0.2, 0) is 13.0 Å². The third-order valence-electron chi connectivity index (χ3n) is 5.18. The Labute approximate surface area is 183 Å². The Morgan fingerprint density at radius 3 is 2.61 bits per heavy atom. The average molecular weight is 437 g/mol. The van der Waals surface area contributed by atoms with Crippen molar-refractivity contribution in [2.75, 3.05) is 0 Å². The number of nitrogens with zero attached hydrogens (tertiary/aromatic N) is 4. The Bertz CT molecular complexity index is 1260. The van der Waals surface area contributed by atoms with Crippen molar-refractivity contribution in [1.82, 2.24) is 18.9 Å². The number of unbranched alkanes of at least 4 members (excludes halogenated alkanes) is 1. The molecule has 1 N–H and O–H groups in total. The molecule has 3 aromatic heterocycles. The molecule has 0 fully saturated rings. The van der Waals surface area contributed by atoms with Gasteiger partial charge in [0.2, 0.25) is 0 Å². The Balaban J connectivity index is 1.80. The Hall–Kier alpha value is -3.45. The van der Waals surface area contributed by atoms with Crippen LogP contribution in [-0.4, -0.2) is 36.3 Å². The second kappa shape index (κ2) is 8.73. The molecule has 0 unspecified atom stereocenters. The minimum atomic E-state index is -1.06. The van der Waals surface area contributed by atoms with Crippen molar-refractivity contribution in [3.63, 3.8) is 0 Å². The van der Waals surface area contributed by atoms with Crippen molar-refractivity contribution in [3.05, 3.63) is 76.6 Å². The summed E-state index contributed by atoms with van der Waals surface area (Å²) in [5.41, 5.74) is 2.90. The molecule has 0 aliphatic heterocycles. The van der Waals surface area contributed by atoms with Crippen LogP contribution < -0.4 is 0 Å². The minimum absolute atomic E-state index is 0.0912. The van der Waals surface area contributed by atoms with E-state index in [1.54, 1.807) is 21.2 Å². The van der Waals surface area contributed by atoms with Crippen molar-refractivity contribution < 1.29 is 14.7 Å². The zero-order chi connectivity index (χ0) is 22.0. The van der Waals surface area contributed by atoms with E-state index in [0.717, 1.165) is 29.8 Å². The molecule has 4 aromatic rings. The number of pyridine rings is 1. The summed E-state index contributed by atoms with van der Waals surface area (Å²) < 4.78 is 3.37. The van der Waals surface area contributed by atoms with Crippen molar-refractivity contribution >= 4 is 29.5 Å². The number of carboxylic acid groups (broad SMARTS) is 1. The highest BCUT2D eigenvalue weighted by Crippen LogP contribution is 2.26. The lowest BCUT2D eigenvalue weighted by molar-refractivity contribution is 0.0690. The molecular weight excluding hydrogens is 416 g/mol. The van der Waals surface area contributed by atoms with E-state index >= 15 is 0 Å². The van der Waals surface area contributed by atoms with Gasteiger partial charge in [0, 0.05) is 18.2 Å². The third-order valence-corrected chi connectivity index (χ3v) is 5.45. The molecule has 4 rings (SSSR count). The molecule has 0 aliphatic rings. The summed E-state index contributed by atoms with van der Waals surface area (Å²) in [5, 5.41) is 10.1. The van der Waals surface area contributed by atoms with Gasteiger partial charge in [0.05, 0.1) is 6.54 Å². The number of imidazole rings is 2. The van der Waals surface area contributed by atoms with E-state index in [1.807, 2.05) is 36.4 Å². The molecule has 0 aliphatic carbocycles. The number of aromatic carboxylic acids is 1. The van der Waals surface area contributed by atoms with Crippen LogP contribution in [0.3, 0.4) is 0 Å². The summed E-state index contributed by atoms with van der Waals surface area (Å²) in [4.78, 5) is 32.6. The standard InChI is InChI=1S/C23H21ClN4O3/c1-2-3-9-18-26-22(24)17(14-29)27(18)12-15-10-11-19-25-20(16-7-5-4-6-8-16)21(23(30)31)28(19)13-15/h4-8,10-11,13-14H,2-3,9,12H2,1H3,(H,30,31). The molecule has 7 nitrogen and oxygen atoms in total. The summed E-state index contributed by atoms with van der Waals surface area (Å²) in [6.45, 7) is 2.43. The van der Waals surface area contributed by atoms with Gasteiger partial charge < -0.3 is 9.67 Å². The average Bonchev–Trinajstić information content (AvgIpc) is 3.29. The van der Waals surface area contributed by atoms with E-state index in [9.17, 15) is 14.7 Å². The lowest BCUT2D eigenvalue weighted by Crippen LogP contribution is -2.10. The molecule has 31 heavy (non-hydrogen) atoms. The molecule has 0 spiro atoms. The van der Waals surface area contributed by atoms with Gasteiger partial charge in [0.15, 0.2) is 17.1 Å². The lowest BCUT2D eigenvalue weighted by atomic mass is 10.1. The van der Waals surface area contributed by atoms with Gasteiger partial charge in [-0.05, 0) is 18.1 Å². The van der Waals surface area contributed by atoms with Crippen molar-refractivity contribution in [1.29, 1.82) is 0 Å². The zero-order valence-corrected chi connectivity index (χ0v) is 17.7. The maximum absolute atomic E-state index is 12.1. The van der Waals surface area contributed by atoms with Gasteiger partial charge in [-0.1, -0.05) is 61.3 Å². The number of halogens is 1. The van der Waals surface area contributed by atoms with Gasteiger partial charge in [-0.15, -0.1) is 0 Å². The molecule has 0 amide bonds. The first-order valence-corrected chi connectivity index (χ1v) is 10.4. The number of hydrogen-bond donors (Lipinski definition) is 1. The number of aryl methyl sites for hydroxylation is 1. The predicted molar refractivity (Wildman–Crippen MR) is 118 cm³/mol. The van der Waals surface area contributed by atoms with Gasteiger partial charge in [0.1, 0.15) is 22.9 Å². The highest BCUT2D eigenvalue weighted by molar-refractivity contribution is 6.31. The number of aldehydes is 1. The summed E-state index contributed by atoms with van der Waals surface area (Å²) in [6, 6.07) is 12.9. The SMILES string of the molecule is CCCCc1nc(Cl)c(C=O)n1Cc1ccc2nc(-c3ccccc3)c(C(=O)O)n2c1. The van der Waals surface area contributed by atoms with Crippen molar-refractivity contribution in [2.24, 2.45) is 0 Å². The van der Waals surface area contributed by atoms with Gasteiger partial charge in [-0.25, -0.2) is 14.8 Å². The fraction of sp³-hybridized carbons (Fsp3) is 0.217. The smallest absolute Gasteiger partial charge is 0.355 e. The highest BCUT2D eigenvalue weighted by Gasteiger charge is 2.21. The van der Waals surface area contributed by atoms with Crippen molar-refractivity contribution in [2.45, 2.75) is 32.7 Å². The molecule has 158 valence electrons. The summed E-state index contributed by atoms with van der Waals surface area (Å²) in [5.74, 6) is -0.325. The largest absolute Gasteiger partial charge is 0.476 e. The topological polar surface area (TPSA) is 89.5 Å². The molecule has 8 heteroatoms. The molecule has 1 aromatic carbocycles. The minimum Gasteiger partial charge on any atom is -0.476 e. The molecule has 0 radical (unpaired) electrons. The van der Waals surface area contributed by atoms with Gasteiger partial charge in [0.25, 0.3) is 0 Å². The first kappa shape index (κ1) is 20.8. The first-order valence-electron chi connectivity index (χ1n) is 10.0. The molecule has 0 atom stereocenters. The summed E-state index contributed by atoms with van der Waals surface area (Å²) in [6.07, 6.45) is 5.07. The second-order valence-corrected chi connectivity index (χ2v) is 7.62. The van der Waals surface area contributed by atoms with E-state index in [-0.39, 0.29) is 10.8 Å². The molecule has 3 heterocycles. The fourth-order valence-electron chi connectivity index (χ4n) is 3.66. The van der Waals surface area contributed by atoms with Crippen LogP contribution in [0.25, 0.3) is 16.9 Å². The number of carbonyl (C=O) groups is 2. The van der Waals surface area contributed by atoms with Gasteiger partial charge in [-0.3, -0.25) is 9.20 Å². The molecule has 0 saturated carbocycles. The Kier molecular flexibility index (Phi) is 5.86. The van der Waals surface area contributed by atoms with E-state index in [4.69, 9.17) is 11.6 Å². The maximum Gasteiger partial charge on any atom is 0.355 e. The fourth-order valence-corrected chi connectivity index (χ4v) is 3.91. The van der Waals surface area contributed by atoms with E-state index in [2.05, 4.69) is 16.9 Å². The number of fused-ring (bicyclic) bond motifs is 1. The van der Waals surface area contributed by atoms with Crippen LogP contribution in [0.1, 0.15) is 52.1 Å². The number of rotatable bonds is 8. The highest BCUT2D eigenvalue weighted by atomic mass is 35.5. The quantitative estimate of drug-likeness (QED) is 0.402. The lowest BCUT2D eigenvalue weighted by Gasteiger charge is -2.10. The van der Waals surface area contributed by atoms with Crippen LogP contribution in [0.15, 0.2) is 48.7 Å². The van der Waals surface area contributed by atoms with Crippen LogP contribution >= 0.6 is 11.6 Å². The second-order valence-electron chi connectivity index (χ2n) is 7.26. The van der Waals surface area contributed by atoms with E-state index in [1.165, 1.54) is 0 Å². The van der Waals surface area contributed by atoms with Crippen LogP contribution in [0.2, 0.25) is 5.15 Å². The molecule has 0 saturated heterocycles. The Morgan fingerprint density at radius 1 is 1.16 bits per heavy atom. The number of aromatic nitrogens is 4. The first-order chi connectivity index (χ1) is 15.0. The Morgan fingerprint density at radius 2 is 1.94 bits per heavy atom. The molecular formula is C23H21ClN4O3. The third kappa shape index (κ3) is 3.96. The predicted octanol–water partition coefficient (Wildman–Crippen LogP) is 4.75. The number of hydrogen-bond acceptors (Lipinski definition) is 4. The van der Waals surface area contributed by atoms with Gasteiger partial charge >= 0.3 is 5.97 Å². The summed E-state index contributed by atoms with van der Waals surface area (Å²) in [7, 11) is 0. The van der Waals surface area contributed by atoms with Crippen molar-refractivity contribution in [3.8, 4) is 11.3 Å². The van der Waals surface area contributed by atoms with Crippen LogP contribution in [0.5, 0.6) is 0 Å². The molecule has 0 bridgehead atoms. The number of carboxylic acids is 1. The van der Waals surface area contributed by atoms with Crippen LogP contribution in [0.4, 0.5) is 0 Å². The van der Waals surface area contributed by atoms with E-state index in [0.29, 0.717) is 36.3 Å². The summed E-state index contributed by atoms with van der Waals surface area (Å²) >= 11 is 6.17. The number of carbonyl (C=O) groups excluding carboxylic acids is 1. The van der Waals surface area contributed by atoms with Gasteiger partial charge in [-0.2, -0.15) is 0 Å². The van der Waals surface area contributed by atoms with E-state index < -0.39 is 5.97 Å². The zero-order valence-electron chi connectivity index (χ0n) is 17.0. The normalized spacial score (nSPS) is 11.2. The number of benzene rings is 1.